The van der Waals surface area contributed by atoms with E-state index in [1.54, 1.807) is 0 Å². The Morgan fingerprint density at radius 2 is 1.91 bits per heavy atom. The van der Waals surface area contributed by atoms with Crippen molar-refractivity contribution in [1.82, 2.24) is 19.8 Å². The lowest BCUT2D eigenvalue weighted by Crippen LogP contribution is -2.46. The maximum absolute atomic E-state index is 13.0. The number of likely N-dealkylation sites (tertiary alicyclic amines) is 1. The van der Waals surface area contributed by atoms with E-state index in [1.165, 1.54) is 27.8 Å². The van der Waals surface area contributed by atoms with Gasteiger partial charge in [0.2, 0.25) is 11.5 Å². The molecule has 35 heavy (non-hydrogen) atoms. The molecule has 2 amide bonds. The number of nitrogens with one attached hydrogen (secondary N) is 2. The van der Waals surface area contributed by atoms with Gasteiger partial charge < -0.3 is 15.3 Å². The summed E-state index contributed by atoms with van der Waals surface area (Å²) < 4.78 is 41.3. The summed E-state index contributed by atoms with van der Waals surface area (Å²) in [6.45, 7) is 4.13. The molecule has 0 radical (unpaired) electrons. The van der Waals surface area contributed by atoms with Gasteiger partial charge in [0, 0.05) is 25.2 Å². The average molecular weight is 497 g/mol. The normalized spacial score (nSPS) is 17.6. The zero-order chi connectivity index (χ0) is 25.5. The first-order valence-electron chi connectivity index (χ1n) is 11.7. The number of aromatic amines is 1. The molecule has 4 rings (SSSR count). The number of H-pyrrole nitrogens is 1. The van der Waals surface area contributed by atoms with Crippen LogP contribution in [0.2, 0.25) is 0 Å². The summed E-state index contributed by atoms with van der Waals surface area (Å²) in [5.41, 5.74) is -0.415. The minimum Gasteiger partial charge on any atom is -0.477 e. The molecule has 1 aliphatic carbocycles. The van der Waals surface area contributed by atoms with E-state index in [0.717, 1.165) is 17.4 Å². The standard InChI is InChI=1S/C23H28F3N5O4/c1-13(2)12-30-20-14(3-6-17(32)29-9-7-15(8-10-29)23(24,25)26)11-27-31(20)22(35)18(21(30)34)19(33)28-16-4-5-16/h3,6,11,13,15-16H,4-5,7-10,12H2,1-2H3,(H2,28,33,34,35)/p+1/b6-3+. The SMILES string of the molecule is CC(C)C[n+]1c(O)c(C(=O)NC2CC2)c(=O)n2[nH]cc(/C=C/C(=O)N3CCC(C(F)(F)F)CC3)c21. The number of halogens is 3. The number of fused-ring (bicyclic) bond motifs is 1. The van der Waals surface area contributed by atoms with Crippen LogP contribution >= 0.6 is 0 Å². The van der Waals surface area contributed by atoms with Crippen molar-refractivity contribution in [1.29, 1.82) is 0 Å². The lowest BCUT2D eigenvalue weighted by Gasteiger charge is -2.32. The highest BCUT2D eigenvalue weighted by Gasteiger charge is 2.41. The van der Waals surface area contributed by atoms with Gasteiger partial charge in [-0.25, -0.2) is 9.89 Å². The summed E-state index contributed by atoms with van der Waals surface area (Å²) in [5, 5.41) is 16.4. The summed E-state index contributed by atoms with van der Waals surface area (Å²) >= 11 is 0. The second-order valence-corrected chi connectivity index (χ2v) is 9.62. The molecule has 2 aromatic heterocycles. The minimum absolute atomic E-state index is 0.00473. The number of piperidine rings is 1. The van der Waals surface area contributed by atoms with Crippen molar-refractivity contribution in [2.75, 3.05) is 13.1 Å². The van der Waals surface area contributed by atoms with Crippen LogP contribution in [-0.2, 0) is 11.3 Å². The second kappa shape index (κ2) is 9.38. The Labute approximate surface area is 199 Å². The molecule has 3 heterocycles. The Kier molecular flexibility index (Phi) is 6.65. The van der Waals surface area contributed by atoms with E-state index in [0.29, 0.717) is 5.56 Å². The van der Waals surface area contributed by atoms with E-state index in [4.69, 9.17) is 0 Å². The monoisotopic (exact) mass is 496 g/mol. The van der Waals surface area contributed by atoms with Gasteiger partial charge in [-0.1, -0.05) is 18.4 Å². The van der Waals surface area contributed by atoms with Crippen molar-refractivity contribution in [2.24, 2.45) is 11.8 Å². The van der Waals surface area contributed by atoms with E-state index in [-0.39, 0.29) is 55.6 Å². The van der Waals surface area contributed by atoms with Gasteiger partial charge in [0.15, 0.2) is 0 Å². The van der Waals surface area contributed by atoms with Crippen LogP contribution in [0.1, 0.15) is 55.5 Å². The molecule has 1 saturated carbocycles. The van der Waals surface area contributed by atoms with Crippen molar-refractivity contribution in [3.63, 3.8) is 0 Å². The van der Waals surface area contributed by atoms with Gasteiger partial charge in [0.25, 0.3) is 5.91 Å². The number of hydrogen-bond acceptors (Lipinski definition) is 4. The molecule has 0 aromatic carbocycles. The molecule has 12 heteroatoms. The third-order valence-electron chi connectivity index (χ3n) is 6.33. The fourth-order valence-corrected chi connectivity index (χ4v) is 4.30. The maximum Gasteiger partial charge on any atom is 0.391 e. The maximum atomic E-state index is 13.0. The Bertz CT molecular complexity index is 1220. The number of nitrogens with zero attached hydrogens (tertiary/aromatic N) is 3. The summed E-state index contributed by atoms with van der Waals surface area (Å²) in [5.74, 6) is -2.90. The topological polar surface area (TPSA) is 111 Å². The van der Waals surface area contributed by atoms with Gasteiger partial charge in [0.1, 0.15) is 0 Å². The van der Waals surface area contributed by atoms with Crippen LogP contribution in [-0.4, -0.2) is 56.7 Å². The highest BCUT2D eigenvalue weighted by Crippen LogP contribution is 2.34. The van der Waals surface area contributed by atoms with Gasteiger partial charge in [-0.05, 0) is 37.7 Å². The Morgan fingerprint density at radius 3 is 2.49 bits per heavy atom. The van der Waals surface area contributed by atoms with Crippen LogP contribution in [0.5, 0.6) is 5.88 Å². The van der Waals surface area contributed by atoms with Crippen LogP contribution in [0.4, 0.5) is 13.2 Å². The number of carbonyl (C=O) groups is 2. The van der Waals surface area contributed by atoms with Crippen LogP contribution in [0.15, 0.2) is 17.1 Å². The molecule has 0 bridgehead atoms. The van der Waals surface area contributed by atoms with E-state index in [1.807, 2.05) is 13.8 Å². The summed E-state index contributed by atoms with van der Waals surface area (Å²) in [7, 11) is 0. The van der Waals surface area contributed by atoms with Crippen molar-refractivity contribution in [3.05, 3.63) is 33.8 Å². The molecular weight excluding hydrogens is 467 g/mol. The number of hydrogen-bond donors (Lipinski definition) is 3. The molecule has 3 N–H and O–H groups in total. The molecule has 1 aliphatic heterocycles. The van der Waals surface area contributed by atoms with Crippen LogP contribution < -0.4 is 15.4 Å². The van der Waals surface area contributed by atoms with Gasteiger partial charge >= 0.3 is 23.3 Å². The minimum atomic E-state index is -4.26. The van der Waals surface area contributed by atoms with E-state index in [9.17, 15) is 32.7 Å². The number of carbonyl (C=O) groups excluding carboxylic acids is 2. The average Bonchev–Trinajstić information content (AvgIpc) is 3.49. The van der Waals surface area contributed by atoms with Crippen molar-refractivity contribution in [2.45, 2.75) is 58.3 Å². The Balaban J connectivity index is 1.63. The van der Waals surface area contributed by atoms with Crippen molar-refractivity contribution < 1.29 is 32.4 Å². The van der Waals surface area contributed by atoms with Crippen LogP contribution in [0.3, 0.4) is 0 Å². The fourth-order valence-electron chi connectivity index (χ4n) is 4.30. The van der Waals surface area contributed by atoms with Crippen LogP contribution in [0.25, 0.3) is 11.7 Å². The third kappa shape index (κ3) is 5.20. The van der Waals surface area contributed by atoms with E-state index < -0.39 is 35.3 Å². The summed E-state index contributed by atoms with van der Waals surface area (Å²) in [6.07, 6.45) is 1.26. The molecule has 2 fully saturated rings. The second-order valence-electron chi connectivity index (χ2n) is 9.62. The summed E-state index contributed by atoms with van der Waals surface area (Å²) in [4.78, 5) is 39.7. The third-order valence-corrected chi connectivity index (χ3v) is 6.33. The van der Waals surface area contributed by atoms with Gasteiger partial charge in [-0.2, -0.15) is 17.7 Å². The lowest BCUT2D eigenvalue weighted by molar-refractivity contribution is -0.686. The number of aromatic nitrogens is 3. The van der Waals surface area contributed by atoms with Crippen molar-refractivity contribution >= 4 is 23.5 Å². The first-order valence-corrected chi connectivity index (χ1v) is 11.7. The Morgan fingerprint density at radius 1 is 1.26 bits per heavy atom. The summed E-state index contributed by atoms with van der Waals surface area (Å²) in [6, 6.07) is -0.00473. The van der Waals surface area contributed by atoms with Crippen molar-refractivity contribution in [3.8, 4) is 5.88 Å². The predicted molar refractivity (Wildman–Crippen MR) is 120 cm³/mol. The molecule has 2 aliphatic rings. The Hall–Kier alpha value is -3.31. The quantitative estimate of drug-likeness (QED) is 0.420. The first kappa shape index (κ1) is 24.8. The van der Waals surface area contributed by atoms with Gasteiger partial charge in [0.05, 0.1) is 24.2 Å². The van der Waals surface area contributed by atoms with Gasteiger partial charge in [-0.15, -0.1) is 0 Å². The largest absolute Gasteiger partial charge is 0.477 e. The molecule has 0 unspecified atom stereocenters. The lowest BCUT2D eigenvalue weighted by atomic mass is 9.96. The zero-order valence-corrected chi connectivity index (χ0v) is 19.6. The van der Waals surface area contributed by atoms with Crippen LogP contribution in [0, 0.1) is 11.8 Å². The highest BCUT2D eigenvalue weighted by atomic mass is 19.4. The molecular formula is C23H29F3N5O4+. The molecule has 1 saturated heterocycles. The molecule has 190 valence electrons. The van der Waals surface area contributed by atoms with E-state index >= 15 is 0 Å². The zero-order valence-electron chi connectivity index (χ0n) is 19.6. The predicted octanol–water partition coefficient (Wildman–Crippen LogP) is 1.98. The van der Waals surface area contributed by atoms with E-state index in [2.05, 4.69) is 10.4 Å². The first-order chi connectivity index (χ1) is 16.5. The number of alkyl halides is 3. The molecule has 9 nitrogen and oxygen atoms in total. The molecule has 0 spiro atoms. The molecule has 2 aromatic rings. The smallest absolute Gasteiger partial charge is 0.391 e. The number of rotatable bonds is 6. The number of aromatic hydroxyl groups is 1. The van der Waals surface area contributed by atoms with Gasteiger partial charge in [-0.3, -0.25) is 9.59 Å². The number of amides is 2. The molecule has 0 atom stereocenters. The fraction of sp³-hybridized carbons (Fsp3) is 0.565. The highest BCUT2D eigenvalue weighted by molar-refractivity contribution is 5.96.